The van der Waals surface area contributed by atoms with Gasteiger partial charge in [0, 0.05) is 12.0 Å². The van der Waals surface area contributed by atoms with Crippen molar-refractivity contribution in [1.29, 1.82) is 0 Å². The van der Waals surface area contributed by atoms with Crippen LogP contribution in [0.2, 0.25) is 0 Å². The highest BCUT2D eigenvalue weighted by atomic mass is 16.6. The molecule has 45 heavy (non-hydrogen) atoms. The monoisotopic (exact) mass is 638 g/mol. The van der Waals surface area contributed by atoms with E-state index < -0.39 is 18.3 Å². The summed E-state index contributed by atoms with van der Waals surface area (Å²) in [6.45, 7) is 4.06. The summed E-state index contributed by atoms with van der Waals surface area (Å²) in [5.74, 6) is -0.315. The minimum absolute atomic E-state index is 0.00732. The van der Waals surface area contributed by atoms with E-state index in [0.717, 1.165) is 83.5 Å². The number of aliphatic hydroxyl groups is 4. The molecular weight excluding hydrogens is 572 g/mol. The second-order valence-electron chi connectivity index (χ2n) is 14.2. The summed E-state index contributed by atoms with van der Waals surface area (Å²) in [4.78, 5) is 11.7. The maximum Gasteiger partial charge on any atom is 0.334 e. The molecule has 0 amide bonds. The largest absolute Gasteiger partial charge is 0.455 e. The first-order chi connectivity index (χ1) is 21.8. The van der Waals surface area contributed by atoms with E-state index in [1.54, 1.807) is 6.08 Å². The van der Waals surface area contributed by atoms with Crippen molar-refractivity contribution in [3.63, 3.8) is 0 Å². The Kier molecular flexibility index (Phi) is 18.6. The van der Waals surface area contributed by atoms with Crippen LogP contribution in [0.4, 0.5) is 0 Å². The molecule has 262 valence electrons. The van der Waals surface area contributed by atoms with Gasteiger partial charge in [0.25, 0.3) is 0 Å². The van der Waals surface area contributed by atoms with Gasteiger partial charge in [-0.25, -0.2) is 4.79 Å². The summed E-state index contributed by atoms with van der Waals surface area (Å²) in [5, 5.41) is 42.0. The highest BCUT2D eigenvalue weighted by Gasteiger charge is 2.40. The maximum absolute atomic E-state index is 11.7. The van der Waals surface area contributed by atoms with Crippen LogP contribution < -0.4 is 0 Å². The molecule has 0 aromatic carbocycles. The molecule has 2 fully saturated rings. The molecule has 0 bridgehead atoms. The topological polar surface area (TPSA) is 126 Å². The Hall–Kier alpha value is -1.03. The molecule has 8 nitrogen and oxygen atoms in total. The minimum Gasteiger partial charge on any atom is -0.455 e. The Bertz CT molecular complexity index is 833. The Balaban J connectivity index is 1.16. The van der Waals surface area contributed by atoms with E-state index in [1.165, 1.54) is 44.9 Å². The minimum atomic E-state index is -0.533. The number of hydrogen-bond donors (Lipinski definition) is 4. The van der Waals surface area contributed by atoms with Crippen LogP contribution in [-0.2, 0) is 19.0 Å². The number of aliphatic hydroxyl groups excluding tert-OH is 4. The van der Waals surface area contributed by atoms with Crippen molar-refractivity contribution in [3.8, 4) is 0 Å². The van der Waals surface area contributed by atoms with Crippen LogP contribution in [0.5, 0.6) is 0 Å². The van der Waals surface area contributed by atoms with Gasteiger partial charge in [-0.2, -0.15) is 0 Å². The van der Waals surface area contributed by atoms with Gasteiger partial charge >= 0.3 is 5.97 Å². The number of rotatable bonds is 25. The third kappa shape index (κ3) is 14.7. The van der Waals surface area contributed by atoms with Gasteiger partial charge < -0.3 is 34.6 Å². The van der Waals surface area contributed by atoms with Crippen LogP contribution in [-0.4, -0.2) is 81.3 Å². The number of unbranched alkanes of at least 4 members (excludes halogenated alkanes) is 10. The van der Waals surface area contributed by atoms with Crippen molar-refractivity contribution in [1.82, 2.24) is 0 Å². The van der Waals surface area contributed by atoms with Crippen molar-refractivity contribution in [2.45, 2.75) is 216 Å². The van der Waals surface area contributed by atoms with Crippen LogP contribution in [0.25, 0.3) is 0 Å². The first-order valence-corrected chi connectivity index (χ1v) is 18.7. The number of hydrogen-bond acceptors (Lipinski definition) is 8. The molecule has 3 rings (SSSR count). The zero-order valence-corrected chi connectivity index (χ0v) is 28.5. The first kappa shape index (κ1) is 38.4. The highest BCUT2D eigenvalue weighted by molar-refractivity contribution is 5.90. The molecule has 0 aliphatic carbocycles. The average Bonchev–Trinajstić information content (AvgIpc) is 3.76. The number of carbonyl (C=O) groups excluding carboxylic acids is 1. The van der Waals surface area contributed by atoms with Gasteiger partial charge in [-0.15, -0.1) is 0 Å². The van der Waals surface area contributed by atoms with Gasteiger partial charge in [-0.05, 0) is 70.8 Å². The summed E-state index contributed by atoms with van der Waals surface area (Å²) in [5.41, 5.74) is 0.575. The molecule has 8 heteroatoms. The van der Waals surface area contributed by atoms with Gasteiger partial charge in [-0.1, -0.05) is 90.4 Å². The molecule has 2 saturated heterocycles. The van der Waals surface area contributed by atoms with Gasteiger partial charge in [0.2, 0.25) is 0 Å². The molecule has 3 aliphatic heterocycles. The van der Waals surface area contributed by atoms with Crippen LogP contribution in [0.3, 0.4) is 0 Å². The van der Waals surface area contributed by atoms with Crippen LogP contribution in [0, 0.1) is 0 Å². The fourth-order valence-electron chi connectivity index (χ4n) is 7.30. The molecule has 3 heterocycles. The predicted molar refractivity (Wildman–Crippen MR) is 177 cm³/mol. The second kappa shape index (κ2) is 21.8. The van der Waals surface area contributed by atoms with E-state index in [-0.39, 0.29) is 42.6 Å². The van der Waals surface area contributed by atoms with Crippen molar-refractivity contribution in [2.75, 3.05) is 0 Å². The molecule has 0 saturated carbocycles. The number of cyclic esters (lactones) is 1. The lowest BCUT2D eigenvalue weighted by Gasteiger charge is -2.24. The summed E-state index contributed by atoms with van der Waals surface area (Å²) in [6.07, 6.45) is 21.7. The van der Waals surface area contributed by atoms with E-state index >= 15 is 0 Å². The third-order valence-corrected chi connectivity index (χ3v) is 10.1. The van der Waals surface area contributed by atoms with Crippen molar-refractivity contribution in [2.24, 2.45) is 0 Å². The van der Waals surface area contributed by atoms with E-state index in [4.69, 9.17) is 14.2 Å². The molecule has 3 aliphatic rings. The normalized spacial score (nSPS) is 27.8. The third-order valence-electron chi connectivity index (χ3n) is 10.1. The summed E-state index contributed by atoms with van der Waals surface area (Å²) in [7, 11) is 0. The number of esters is 1. The van der Waals surface area contributed by atoms with Crippen molar-refractivity contribution < 1.29 is 39.4 Å². The summed E-state index contributed by atoms with van der Waals surface area (Å²) < 4.78 is 17.6. The van der Waals surface area contributed by atoms with Gasteiger partial charge in [0.15, 0.2) is 0 Å². The Morgan fingerprint density at radius 2 is 1.09 bits per heavy atom. The maximum atomic E-state index is 11.7. The fourth-order valence-corrected chi connectivity index (χ4v) is 7.30. The number of ether oxygens (including phenoxy) is 3. The highest BCUT2D eigenvalue weighted by Crippen LogP contribution is 2.34. The van der Waals surface area contributed by atoms with E-state index in [1.807, 2.05) is 6.92 Å². The first-order valence-electron chi connectivity index (χ1n) is 18.7. The van der Waals surface area contributed by atoms with E-state index in [0.29, 0.717) is 24.8 Å². The van der Waals surface area contributed by atoms with Crippen LogP contribution in [0.1, 0.15) is 162 Å². The predicted octanol–water partition coefficient (Wildman–Crippen LogP) is 6.83. The van der Waals surface area contributed by atoms with E-state index in [9.17, 15) is 25.2 Å². The smallest absolute Gasteiger partial charge is 0.334 e. The standard InChI is InChI=1S/C37H66O8/c1-3-4-5-6-7-8-9-13-19-31(40)33-21-23-35(44-33)36-24-22-34(45-36)32(41)20-15-14-17-29(38)16-11-10-12-18-30(39)26-28-25-27(2)43-37(28)42/h25,27,29-36,38-41H,3-24,26H2,1-2H3/t27-,29?,30+,31-,32+,33+,34+,35+,36+/m0/s1. The quantitative estimate of drug-likeness (QED) is 0.0634. The van der Waals surface area contributed by atoms with Crippen LogP contribution >= 0.6 is 0 Å². The van der Waals surface area contributed by atoms with Crippen LogP contribution in [0.15, 0.2) is 11.6 Å². The zero-order valence-electron chi connectivity index (χ0n) is 28.5. The lowest BCUT2D eigenvalue weighted by molar-refractivity contribution is -0.139. The Morgan fingerprint density at radius 1 is 0.644 bits per heavy atom. The van der Waals surface area contributed by atoms with Crippen molar-refractivity contribution >= 4 is 5.97 Å². The SMILES string of the molecule is CCCCCCCCCC[C@H](O)[C@H]1CC[C@H]([C@H]2CC[C@H]([C@H](O)CCCCC(O)CCCCC[C@@H](O)CC3=C[C@H](C)OC3=O)O2)O1. The lowest BCUT2D eigenvalue weighted by atomic mass is 9.99. The fraction of sp³-hybridized carbons (Fsp3) is 0.919. The molecule has 0 spiro atoms. The van der Waals surface area contributed by atoms with Crippen molar-refractivity contribution in [3.05, 3.63) is 11.6 Å². The molecule has 9 atom stereocenters. The van der Waals surface area contributed by atoms with Gasteiger partial charge in [0.1, 0.15) is 6.10 Å². The Labute approximate surface area is 273 Å². The van der Waals surface area contributed by atoms with E-state index in [2.05, 4.69) is 6.92 Å². The average molecular weight is 639 g/mol. The molecule has 0 aromatic heterocycles. The number of carbonyl (C=O) groups is 1. The van der Waals surface area contributed by atoms with Gasteiger partial charge in [0.05, 0.1) is 48.8 Å². The Morgan fingerprint density at radius 3 is 1.62 bits per heavy atom. The second-order valence-corrected chi connectivity index (χ2v) is 14.2. The van der Waals surface area contributed by atoms with Gasteiger partial charge in [-0.3, -0.25) is 0 Å². The molecular formula is C37H66O8. The molecule has 0 radical (unpaired) electrons. The molecule has 0 aromatic rings. The zero-order chi connectivity index (χ0) is 32.4. The summed E-state index contributed by atoms with van der Waals surface area (Å²) >= 11 is 0. The lowest BCUT2D eigenvalue weighted by Crippen LogP contribution is -2.33. The molecule has 4 N–H and O–H groups in total. The summed E-state index contributed by atoms with van der Waals surface area (Å²) in [6, 6.07) is 0. The molecule has 1 unspecified atom stereocenters.